The van der Waals surface area contributed by atoms with Crippen LogP contribution in [0.5, 0.6) is 0 Å². The summed E-state index contributed by atoms with van der Waals surface area (Å²) in [5.41, 5.74) is 11.4. The van der Waals surface area contributed by atoms with Crippen molar-refractivity contribution in [3.63, 3.8) is 0 Å². The van der Waals surface area contributed by atoms with Gasteiger partial charge in [0, 0.05) is 34.4 Å². The van der Waals surface area contributed by atoms with E-state index in [1.165, 1.54) is 12.1 Å². The number of nitrogens with two attached hydrogens (primary N) is 1. The number of aromatic nitrogens is 1. The van der Waals surface area contributed by atoms with Gasteiger partial charge in [0.2, 0.25) is 0 Å². The summed E-state index contributed by atoms with van der Waals surface area (Å²) < 4.78 is 13.3. The number of pyridine rings is 1. The number of anilines is 2. The Bertz CT molecular complexity index is 1140. The lowest BCUT2D eigenvalue weighted by Crippen LogP contribution is -2.40. The number of nitrogen functional groups attached to an aromatic ring is 1. The molecule has 1 aromatic heterocycles. The van der Waals surface area contributed by atoms with Crippen LogP contribution in [0.3, 0.4) is 0 Å². The number of urea groups is 1. The molecular formula is C23H22FN5O. The fourth-order valence-corrected chi connectivity index (χ4v) is 3.66. The summed E-state index contributed by atoms with van der Waals surface area (Å²) in [4.78, 5) is 18.5. The zero-order valence-electron chi connectivity index (χ0n) is 16.7. The second kappa shape index (κ2) is 7.59. The van der Waals surface area contributed by atoms with Gasteiger partial charge >= 0.3 is 6.03 Å². The van der Waals surface area contributed by atoms with Gasteiger partial charge in [-0.3, -0.25) is 10.4 Å². The van der Waals surface area contributed by atoms with Crippen LogP contribution in [0, 0.1) is 18.2 Å². The molecular weight excluding hydrogens is 381 g/mol. The zero-order valence-corrected chi connectivity index (χ0v) is 16.7. The van der Waals surface area contributed by atoms with E-state index in [1.807, 2.05) is 26.0 Å². The van der Waals surface area contributed by atoms with Crippen molar-refractivity contribution in [3.05, 3.63) is 88.5 Å². The highest BCUT2D eigenvalue weighted by atomic mass is 19.1. The number of carbonyl (C=O) groups is 1. The highest BCUT2D eigenvalue weighted by Crippen LogP contribution is 2.33. The first-order chi connectivity index (χ1) is 14.3. The summed E-state index contributed by atoms with van der Waals surface area (Å²) in [7, 11) is 0. The number of amides is 2. The van der Waals surface area contributed by atoms with Crippen LogP contribution in [0.4, 0.5) is 20.6 Å². The molecule has 30 heavy (non-hydrogen) atoms. The van der Waals surface area contributed by atoms with Crippen LogP contribution in [-0.2, 0) is 6.54 Å². The molecule has 2 aromatic carbocycles. The number of halogens is 1. The third-order valence-electron chi connectivity index (χ3n) is 5.39. The number of fused-ring (bicyclic) bond motifs is 1. The van der Waals surface area contributed by atoms with Crippen molar-refractivity contribution in [2.24, 2.45) is 0 Å². The SMILES string of the molecule is Cc1cc(C(=N)c2cc3c(cc2N)NC(=O)N(C(C)c2ccc(F)cc2)C3)ccn1. The summed E-state index contributed by atoms with van der Waals surface area (Å²) >= 11 is 0. The molecule has 0 spiro atoms. The van der Waals surface area contributed by atoms with Crippen LogP contribution in [-0.4, -0.2) is 21.6 Å². The molecule has 4 N–H and O–H groups in total. The highest BCUT2D eigenvalue weighted by Gasteiger charge is 2.28. The third-order valence-corrected chi connectivity index (χ3v) is 5.39. The number of nitrogens with one attached hydrogen (secondary N) is 2. The van der Waals surface area contributed by atoms with E-state index in [0.717, 1.165) is 22.4 Å². The second-order valence-electron chi connectivity index (χ2n) is 7.44. The van der Waals surface area contributed by atoms with Gasteiger partial charge in [-0.2, -0.15) is 0 Å². The number of benzene rings is 2. The molecule has 1 aliphatic rings. The van der Waals surface area contributed by atoms with Gasteiger partial charge in [0.25, 0.3) is 0 Å². The summed E-state index contributed by atoms with van der Waals surface area (Å²) in [6, 6.07) is 12.8. The topological polar surface area (TPSA) is 95.1 Å². The second-order valence-corrected chi connectivity index (χ2v) is 7.44. The van der Waals surface area contributed by atoms with Gasteiger partial charge in [-0.1, -0.05) is 12.1 Å². The van der Waals surface area contributed by atoms with E-state index in [1.54, 1.807) is 35.4 Å². The lowest BCUT2D eigenvalue weighted by molar-refractivity contribution is 0.186. The molecule has 152 valence electrons. The number of hydrogen-bond acceptors (Lipinski definition) is 4. The summed E-state index contributed by atoms with van der Waals surface area (Å²) in [5, 5.41) is 11.5. The van der Waals surface area contributed by atoms with Gasteiger partial charge < -0.3 is 16.0 Å². The predicted molar refractivity (Wildman–Crippen MR) is 115 cm³/mol. The summed E-state index contributed by atoms with van der Waals surface area (Å²) in [6.07, 6.45) is 1.67. The van der Waals surface area contributed by atoms with E-state index >= 15 is 0 Å². The van der Waals surface area contributed by atoms with Gasteiger partial charge in [0.1, 0.15) is 5.82 Å². The Morgan fingerprint density at radius 3 is 2.67 bits per heavy atom. The maximum atomic E-state index is 13.3. The number of carbonyl (C=O) groups excluding carboxylic acids is 1. The first-order valence-electron chi connectivity index (χ1n) is 9.61. The van der Waals surface area contributed by atoms with Crippen molar-refractivity contribution in [2.75, 3.05) is 11.1 Å². The van der Waals surface area contributed by atoms with Gasteiger partial charge in [0.15, 0.2) is 0 Å². The van der Waals surface area contributed by atoms with Crippen molar-refractivity contribution in [3.8, 4) is 0 Å². The van der Waals surface area contributed by atoms with E-state index < -0.39 is 0 Å². The molecule has 0 aliphatic carbocycles. The molecule has 0 saturated heterocycles. The minimum absolute atomic E-state index is 0.244. The largest absolute Gasteiger partial charge is 0.398 e. The molecule has 0 fully saturated rings. The minimum Gasteiger partial charge on any atom is -0.398 e. The van der Waals surface area contributed by atoms with Gasteiger partial charge in [-0.15, -0.1) is 0 Å². The molecule has 3 aromatic rings. The maximum absolute atomic E-state index is 13.3. The van der Waals surface area contributed by atoms with E-state index in [4.69, 9.17) is 11.1 Å². The summed E-state index contributed by atoms with van der Waals surface area (Å²) in [6.45, 7) is 4.13. The van der Waals surface area contributed by atoms with E-state index in [0.29, 0.717) is 29.2 Å². The first-order valence-corrected chi connectivity index (χ1v) is 9.61. The Hall–Kier alpha value is -3.74. The van der Waals surface area contributed by atoms with Crippen LogP contribution in [0.25, 0.3) is 0 Å². The maximum Gasteiger partial charge on any atom is 0.322 e. The van der Waals surface area contributed by atoms with Gasteiger partial charge in [-0.25, -0.2) is 9.18 Å². The molecule has 1 unspecified atom stereocenters. The average Bonchev–Trinajstić information content (AvgIpc) is 2.72. The molecule has 0 radical (unpaired) electrons. The monoisotopic (exact) mass is 403 g/mol. The Labute approximate surface area is 174 Å². The quantitative estimate of drug-likeness (QED) is 0.438. The molecule has 7 heteroatoms. The Morgan fingerprint density at radius 1 is 1.23 bits per heavy atom. The van der Waals surface area contributed by atoms with Crippen molar-refractivity contribution in [2.45, 2.75) is 26.4 Å². The molecule has 1 atom stereocenters. The standard InChI is InChI=1S/C23H22FN5O/c1-13-9-16(7-8-27-13)22(26)19-10-17-12-29(23(30)28-21(17)11-20(19)25)14(2)15-3-5-18(24)6-4-15/h3-11,14,26H,12,25H2,1-2H3,(H,28,30). The van der Waals surface area contributed by atoms with Crippen molar-refractivity contribution in [1.82, 2.24) is 9.88 Å². The fourth-order valence-electron chi connectivity index (χ4n) is 3.66. The molecule has 2 amide bonds. The van der Waals surface area contributed by atoms with Crippen LogP contribution in [0.15, 0.2) is 54.7 Å². The van der Waals surface area contributed by atoms with Crippen LogP contribution < -0.4 is 11.1 Å². The number of rotatable bonds is 4. The number of nitrogens with zero attached hydrogens (tertiary/aromatic N) is 2. The van der Waals surface area contributed by atoms with Gasteiger partial charge in [-0.05, 0) is 61.4 Å². The zero-order chi connectivity index (χ0) is 21.4. The lowest BCUT2D eigenvalue weighted by Gasteiger charge is -2.34. The van der Waals surface area contributed by atoms with Gasteiger partial charge in [0.05, 0.1) is 18.3 Å². The molecule has 0 saturated carbocycles. The molecule has 1 aliphatic heterocycles. The van der Waals surface area contributed by atoms with Crippen LogP contribution >= 0.6 is 0 Å². The molecule has 6 nitrogen and oxygen atoms in total. The molecule has 2 heterocycles. The third kappa shape index (κ3) is 3.61. The lowest BCUT2D eigenvalue weighted by atomic mass is 9.96. The minimum atomic E-state index is -0.315. The Morgan fingerprint density at radius 2 is 1.97 bits per heavy atom. The van der Waals surface area contributed by atoms with Crippen molar-refractivity contribution < 1.29 is 9.18 Å². The number of aryl methyl sites for hydroxylation is 1. The Kier molecular flexibility index (Phi) is 4.95. The first kappa shape index (κ1) is 19.6. The molecule has 0 bridgehead atoms. The van der Waals surface area contributed by atoms with E-state index in [9.17, 15) is 9.18 Å². The predicted octanol–water partition coefficient (Wildman–Crippen LogP) is 4.64. The van der Waals surface area contributed by atoms with Crippen molar-refractivity contribution in [1.29, 1.82) is 5.41 Å². The average molecular weight is 403 g/mol. The normalized spacial score (nSPS) is 14.1. The van der Waals surface area contributed by atoms with Crippen LogP contribution in [0.1, 0.15) is 40.9 Å². The summed E-state index contributed by atoms with van der Waals surface area (Å²) in [5.74, 6) is -0.315. The van der Waals surface area contributed by atoms with Crippen LogP contribution in [0.2, 0.25) is 0 Å². The highest BCUT2D eigenvalue weighted by molar-refractivity contribution is 6.14. The number of hydrogen-bond donors (Lipinski definition) is 3. The van der Waals surface area contributed by atoms with E-state index in [2.05, 4.69) is 10.3 Å². The molecule has 4 rings (SSSR count). The van der Waals surface area contributed by atoms with E-state index in [-0.39, 0.29) is 17.9 Å². The smallest absolute Gasteiger partial charge is 0.322 e. The Balaban J connectivity index is 1.66. The fraction of sp³-hybridized carbons (Fsp3) is 0.174. The van der Waals surface area contributed by atoms with Crippen molar-refractivity contribution >= 4 is 23.1 Å².